The van der Waals surface area contributed by atoms with Gasteiger partial charge in [0.1, 0.15) is 42.3 Å². The van der Waals surface area contributed by atoms with Gasteiger partial charge in [-0.05, 0) is 109 Å². The summed E-state index contributed by atoms with van der Waals surface area (Å²) in [6.45, 7) is 9.10. The molecule has 9 amide bonds. The second-order valence-electron chi connectivity index (χ2n) is 23.2. The molecule has 33 nitrogen and oxygen atoms in total. The lowest BCUT2D eigenvalue weighted by atomic mass is 9.96. The highest BCUT2D eigenvalue weighted by Crippen LogP contribution is 2.14. The second-order valence-corrected chi connectivity index (χ2v) is 23.2. The standard InChI is InChI=1S/C59H101N19O14/c1-7-34(4)49(57(92)76-41(20-22-47(81)82)50(85)69-31-46(80)71-43(35(5)79)27-33(2)3)78-54(89)40(19-14-26-68-59(63)64)73-53(88)42(21-23-48(83)84)75-51(86)38(17-11-12-24-60)72-52(87)39(18-13-25-67-58(61)62)74-56(91)45(28-36-15-9-8-10-16-36)77-55(90)44(65-6)29-37-30-66-32-70-37/h8-10,15-16,33-34,37-45,49,65-66,70H,7,11-14,17-32,60H2,1-6H3,(H,69,85)(H,71,80)(H,72,87)(H,73,88)(H,74,91)(H,75,86)(H,76,92)(H,77,90)(H,78,89)(H,81,82)(H,83,84)(H4,61,62,67)(H4,63,64,68)/t34-,37?,38-,39-,40-,41-,42-,43-,44-,45-,49-/m0/s1. The highest BCUT2D eigenvalue weighted by atomic mass is 16.4. The lowest BCUT2D eigenvalue weighted by molar-refractivity contribution is -0.139. The van der Waals surface area contributed by atoms with Crippen molar-refractivity contribution in [3.8, 4) is 0 Å². The van der Waals surface area contributed by atoms with Gasteiger partial charge < -0.3 is 102 Å². The number of nitrogens with one attached hydrogen (secondary N) is 16. The predicted octanol–water partition coefficient (Wildman–Crippen LogP) is -4.21. The summed E-state index contributed by atoms with van der Waals surface area (Å²) < 4.78 is 0. The highest BCUT2D eigenvalue weighted by Gasteiger charge is 2.37. The van der Waals surface area contributed by atoms with Crippen molar-refractivity contribution in [2.75, 3.05) is 46.4 Å². The number of carbonyl (C=O) groups is 12. The molecule has 1 unspecified atom stereocenters. The van der Waals surface area contributed by atoms with E-state index in [1.165, 1.54) is 6.92 Å². The van der Waals surface area contributed by atoms with Gasteiger partial charge in [-0.15, -0.1) is 0 Å². The Hall–Kier alpha value is -8.56. The van der Waals surface area contributed by atoms with Crippen molar-refractivity contribution in [3.05, 3.63) is 35.9 Å². The SMILES string of the molecule is CC[C@H](C)[C@H](NC(=O)[C@H](CCCNC(=N)N)NC(=O)[C@H](CCC(=O)O)NC(=O)[C@H](CCCCN)NC(=O)[C@H](CCCNC(=N)N)NC(=O)[C@H](Cc1ccccc1)NC(=O)[C@H](CC1CNCN1)NC)C(=O)N[C@@H](CCC(=O)O)C(=O)NCC(=O)N[C@@H](CC(C)C)C(C)=O. The molecule has 33 heteroatoms. The van der Waals surface area contributed by atoms with Crippen LogP contribution in [0.15, 0.2) is 30.3 Å². The molecule has 0 radical (unpaired) electrons. The van der Waals surface area contributed by atoms with Gasteiger partial charge in [0, 0.05) is 51.6 Å². The fraction of sp³-hybridized carbons (Fsp3) is 0.661. The van der Waals surface area contributed by atoms with Crippen LogP contribution < -0.4 is 91.6 Å². The maximum absolute atomic E-state index is 14.6. The number of benzene rings is 1. The first-order chi connectivity index (χ1) is 43.6. The minimum Gasteiger partial charge on any atom is -0.481 e. The van der Waals surface area contributed by atoms with Gasteiger partial charge in [-0.2, -0.15) is 0 Å². The molecule has 1 aliphatic heterocycles. The van der Waals surface area contributed by atoms with Crippen molar-refractivity contribution >= 4 is 82.8 Å². The molecular formula is C59H101N19O14. The van der Waals surface area contributed by atoms with Gasteiger partial charge >= 0.3 is 11.9 Å². The number of guanidine groups is 2. The molecule has 24 N–H and O–H groups in total. The summed E-state index contributed by atoms with van der Waals surface area (Å²) in [7, 11) is 1.62. The van der Waals surface area contributed by atoms with Crippen LogP contribution in [0.25, 0.3) is 0 Å². The summed E-state index contributed by atoms with van der Waals surface area (Å²) in [6, 6.07) is -3.10. The van der Waals surface area contributed by atoms with E-state index < -0.39 is 164 Å². The number of hydrogen-bond donors (Lipinski definition) is 21. The summed E-state index contributed by atoms with van der Waals surface area (Å²) in [5, 5.41) is 72.6. The number of likely N-dealkylation sites (N-methyl/N-ethyl adjacent to an activating group) is 1. The van der Waals surface area contributed by atoms with Crippen LogP contribution in [-0.2, 0) is 64.0 Å². The third-order valence-electron chi connectivity index (χ3n) is 15.1. The number of ketones is 1. The van der Waals surface area contributed by atoms with E-state index in [1.807, 2.05) is 13.8 Å². The van der Waals surface area contributed by atoms with Gasteiger partial charge in [-0.3, -0.25) is 68.4 Å². The monoisotopic (exact) mass is 1300 g/mol. The summed E-state index contributed by atoms with van der Waals surface area (Å²) in [6.07, 6.45) is -0.921. The van der Waals surface area contributed by atoms with E-state index in [2.05, 4.69) is 74.4 Å². The quantitative estimate of drug-likeness (QED) is 0.0167. The zero-order valence-corrected chi connectivity index (χ0v) is 53.7. The topological polar surface area (TPSA) is 539 Å². The van der Waals surface area contributed by atoms with Crippen LogP contribution in [0.1, 0.15) is 130 Å². The molecule has 0 spiro atoms. The average molecular weight is 1300 g/mol. The number of rotatable bonds is 46. The summed E-state index contributed by atoms with van der Waals surface area (Å²) >= 11 is 0. The van der Waals surface area contributed by atoms with Crippen LogP contribution in [0.4, 0.5) is 0 Å². The molecule has 92 heavy (non-hydrogen) atoms. The number of amides is 9. The number of hydrogen-bond acceptors (Lipinski definition) is 18. The minimum atomic E-state index is -1.70. The highest BCUT2D eigenvalue weighted by molar-refractivity contribution is 5.98. The van der Waals surface area contributed by atoms with Crippen LogP contribution in [0.3, 0.4) is 0 Å². The zero-order valence-electron chi connectivity index (χ0n) is 53.7. The van der Waals surface area contributed by atoms with Crippen LogP contribution in [0.5, 0.6) is 0 Å². The first-order valence-electron chi connectivity index (χ1n) is 31.2. The molecule has 1 aromatic rings. The van der Waals surface area contributed by atoms with E-state index in [4.69, 9.17) is 28.0 Å². The number of unbranched alkanes of at least 4 members (excludes halogenated alkanes) is 1. The normalized spacial score (nSPS) is 15.9. The lowest BCUT2D eigenvalue weighted by Gasteiger charge is -2.29. The predicted molar refractivity (Wildman–Crippen MR) is 340 cm³/mol. The van der Waals surface area contributed by atoms with Crippen molar-refractivity contribution in [1.29, 1.82) is 10.8 Å². The Balaban J connectivity index is 2.54. The molecule has 1 heterocycles. The first-order valence-corrected chi connectivity index (χ1v) is 31.2. The van der Waals surface area contributed by atoms with E-state index in [-0.39, 0.29) is 94.7 Å². The van der Waals surface area contributed by atoms with Gasteiger partial charge in [-0.1, -0.05) is 64.4 Å². The van der Waals surface area contributed by atoms with E-state index in [0.29, 0.717) is 38.0 Å². The zero-order chi connectivity index (χ0) is 68.9. The van der Waals surface area contributed by atoms with Crippen molar-refractivity contribution in [2.45, 2.75) is 191 Å². The Labute approximate surface area is 536 Å². The molecule has 11 atom stereocenters. The average Bonchev–Trinajstić information content (AvgIpc) is 0.986. The molecule has 1 aromatic carbocycles. The smallest absolute Gasteiger partial charge is 0.303 e. The fourth-order valence-electron chi connectivity index (χ4n) is 9.75. The summed E-state index contributed by atoms with van der Waals surface area (Å²) in [4.78, 5) is 163. The van der Waals surface area contributed by atoms with E-state index in [0.717, 1.165) is 0 Å². The minimum absolute atomic E-state index is 0.00332. The number of carbonyl (C=O) groups excluding carboxylic acids is 10. The van der Waals surface area contributed by atoms with Gasteiger partial charge in [0.2, 0.25) is 53.2 Å². The largest absolute Gasteiger partial charge is 0.481 e. The van der Waals surface area contributed by atoms with E-state index in [9.17, 15) is 67.7 Å². The van der Waals surface area contributed by atoms with Crippen LogP contribution >= 0.6 is 0 Å². The number of carboxylic acid groups (broad SMARTS) is 2. The van der Waals surface area contributed by atoms with Crippen LogP contribution in [0.2, 0.25) is 0 Å². The summed E-state index contributed by atoms with van der Waals surface area (Å²) in [5.41, 5.74) is 17.5. The maximum atomic E-state index is 14.6. The van der Waals surface area contributed by atoms with Gasteiger partial charge in [0.05, 0.1) is 18.6 Å². The molecule has 1 fully saturated rings. The van der Waals surface area contributed by atoms with Gasteiger partial charge in [-0.25, -0.2) is 0 Å². The van der Waals surface area contributed by atoms with E-state index >= 15 is 0 Å². The fourth-order valence-corrected chi connectivity index (χ4v) is 9.75. The van der Waals surface area contributed by atoms with Gasteiger partial charge in [0.25, 0.3) is 0 Å². The molecule has 0 aromatic heterocycles. The van der Waals surface area contributed by atoms with Crippen molar-refractivity contribution in [1.82, 2.24) is 74.4 Å². The Morgan fingerprint density at radius 1 is 0.576 bits per heavy atom. The van der Waals surface area contributed by atoms with Crippen LogP contribution in [-0.4, -0.2) is 200 Å². The molecular weight excluding hydrogens is 1200 g/mol. The van der Waals surface area contributed by atoms with E-state index in [1.54, 1.807) is 51.2 Å². The third kappa shape index (κ3) is 31.9. The molecule has 2 rings (SSSR count). The van der Waals surface area contributed by atoms with Crippen LogP contribution in [0, 0.1) is 22.7 Å². The van der Waals surface area contributed by atoms with Crippen molar-refractivity contribution < 1.29 is 67.7 Å². The Morgan fingerprint density at radius 2 is 1.03 bits per heavy atom. The first kappa shape index (κ1) is 79.5. The lowest BCUT2D eigenvalue weighted by Crippen LogP contribution is -2.61. The number of Topliss-reactive ketones (excluding diaryl/α,β-unsaturated/α-hetero) is 1. The molecule has 1 saturated heterocycles. The third-order valence-corrected chi connectivity index (χ3v) is 15.1. The Bertz CT molecular complexity index is 2610. The molecule has 1 aliphatic rings. The maximum Gasteiger partial charge on any atom is 0.303 e. The van der Waals surface area contributed by atoms with Gasteiger partial charge in [0.15, 0.2) is 17.7 Å². The second kappa shape index (κ2) is 43.2. The summed E-state index contributed by atoms with van der Waals surface area (Å²) in [5.74, 6) is -12.2. The molecule has 0 saturated carbocycles. The van der Waals surface area contributed by atoms with Crippen molar-refractivity contribution in [2.24, 2.45) is 29.0 Å². The number of carboxylic acids is 2. The molecule has 516 valence electrons. The number of aliphatic carboxylic acids is 2. The number of nitrogens with two attached hydrogens (primary N) is 3. The Morgan fingerprint density at radius 3 is 1.48 bits per heavy atom. The Kier molecular flexibility index (Phi) is 37.4. The molecule has 0 aliphatic carbocycles. The molecule has 0 bridgehead atoms. The van der Waals surface area contributed by atoms with Crippen molar-refractivity contribution in [3.63, 3.8) is 0 Å².